The van der Waals surface area contributed by atoms with Gasteiger partial charge in [0.1, 0.15) is 0 Å². The van der Waals surface area contributed by atoms with E-state index in [4.69, 9.17) is 5.11 Å². The Morgan fingerprint density at radius 3 is 2.60 bits per heavy atom. The number of carbonyl (C=O) groups is 1. The number of aliphatic carboxylic acids is 1. The van der Waals surface area contributed by atoms with Crippen molar-refractivity contribution in [1.29, 1.82) is 0 Å². The quantitative estimate of drug-likeness (QED) is 0.700. The van der Waals surface area contributed by atoms with E-state index in [1.54, 1.807) is 0 Å². The van der Waals surface area contributed by atoms with Crippen molar-refractivity contribution in [2.24, 2.45) is 0 Å². The molecule has 1 rings (SSSR count). The van der Waals surface area contributed by atoms with Crippen molar-refractivity contribution in [3.05, 3.63) is 35.9 Å². The van der Waals surface area contributed by atoms with Crippen molar-refractivity contribution in [3.8, 4) is 0 Å². The number of hydrogen-bond donors (Lipinski definition) is 2. The van der Waals surface area contributed by atoms with E-state index in [-0.39, 0.29) is 0 Å². The first-order valence-corrected chi connectivity index (χ1v) is 5.24. The molecule has 0 aliphatic carbocycles. The van der Waals surface area contributed by atoms with Crippen molar-refractivity contribution >= 4 is 5.97 Å². The van der Waals surface area contributed by atoms with Gasteiger partial charge in [0.15, 0.2) is 0 Å². The van der Waals surface area contributed by atoms with Crippen LogP contribution in [-0.4, -0.2) is 24.2 Å². The molecular weight excluding hydrogens is 190 g/mol. The van der Waals surface area contributed by atoms with Crippen molar-refractivity contribution in [2.45, 2.75) is 19.3 Å². The van der Waals surface area contributed by atoms with Crippen LogP contribution in [0.2, 0.25) is 0 Å². The molecule has 3 heteroatoms. The second-order valence-electron chi connectivity index (χ2n) is 3.51. The van der Waals surface area contributed by atoms with Crippen LogP contribution in [0.4, 0.5) is 0 Å². The van der Waals surface area contributed by atoms with E-state index < -0.39 is 11.9 Å². The fraction of sp³-hybridized carbons (Fsp3) is 0.417. The molecule has 0 saturated carbocycles. The van der Waals surface area contributed by atoms with Crippen molar-refractivity contribution in [2.75, 3.05) is 13.1 Å². The summed E-state index contributed by atoms with van der Waals surface area (Å²) in [7, 11) is 0. The van der Waals surface area contributed by atoms with Crippen LogP contribution in [-0.2, 0) is 4.79 Å². The fourth-order valence-corrected chi connectivity index (χ4v) is 1.46. The molecule has 1 unspecified atom stereocenters. The summed E-state index contributed by atoms with van der Waals surface area (Å²) >= 11 is 0. The zero-order valence-corrected chi connectivity index (χ0v) is 8.94. The number of carboxylic acid groups (broad SMARTS) is 1. The monoisotopic (exact) mass is 207 g/mol. The standard InChI is InChI=1S/C12H17NO2/c1-2-8-13-9-11(12(14)15)10-6-4-3-5-7-10/h3-7,11,13H,2,8-9H2,1H3,(H,14,15). The van der Waals surface area contributed by atoms with Crippen molar-refractivity contribution in [1.82, 2.24) is 5.32 Å². The SMILES string of the molecule is CCCNCC(C(=O)O)c1ccccc1. The molecule has 0 spiro atoms. The fourth-order valence-electron chi connectivity index (χ4n) is 1.46. The minimum atomic E-state index is -0.773. The third-order valence-corrected chi connectivity index (χ3v) is 2.28. The molecule has 0 bridgehead atoms. The van der Waals surface area contributed by atoms with E-state index in [9.17, 15) is 4.79 Å². The molecule has 0 amide bonds. The zero-order valence-electron chi connectivity index (χ0n) is 8.94. The maximum atomic E-state index is 11.1. The van der Waals surface area contributed by atoms with Gasteiger partial charge in [0.2, 0.25) is 0 Å². The number of benzene rings is 1. The maximum Gasteiger partial charge on any atom is 0.312 e. The third-order valence-electron chi connectivity index (χ3n) is 2.28. The van der Waals surface area contributed by atoms with E-state index in [0.717, 1.165) is 18.5 Å². The Morgan fingerprint density at radius 2 is 2.07 bits per heavy atom. The largest absolute Gasteiger partial charge is 0.481 e. The minimum absolute atomic E-state index is 0.447. The van der Waals surface area contributed by atoms with Crippen LogP contribution < -0.4 is 5.32 Å². The average Bonchev–Trinajstić information content (AvgIpc) is 2.25. The lowest BCUT2D eigenvalue weighted by molar-refractivity contribution is -0.138. The highest BCUT2D eigenvalue weighted by Gasteiger charge is 2.18. The van der Waals surface area contributed by atoms with Gasteiger partial charge in [0, 0.05) is 6.54 Å². The van der Waals surface area contributed by atoms with E-state index in [2.05, 4.69) is 12.2 Å². The normalized spacial score (nSPS) is 12.3. The van der Waals surface area contributed by atoms with Crippen molar-refractivity contribution in [3.63, 3.8) is 0 Å². The summed E-state index contributed by atoms with van der Waals surface area (Å²) in [5, 5.41) is 12.2. The van der Waals surface area contributed by atoms with E-state index in [1.165, 1.54) is 0 Å². The van der Waals surface area contributed by atoms with Crippen molar-refractivity contribution < 1.29 is 9.90 Å². The minimum Gasteiger partial charge on any atom is -0.481 e. The Bertz CT molecular complexity index is 298. The van der Waals surface area contributed by atoms with E-state index in [1.807, 2.05) is 30.3 Å². The summed E-state index contributed by atoms with van der Waals surface area (Å²) in [4.78, 5) is 11.1. The van der Waals surface area contributed by atoms with E-state index >= 15 is 0 Å². The van der Waals surface area contributed by atoms with Crippen LogP contribution >= 0.6 is 0 Å². The molecule has 15 heavy (non-hydrogen) atoms. The van der Waals surface area contributed by atoms with Gasteiger partial charge >= 0.3 is 5.97 Å². The molecule has 0 aromatic heterocycles. The smallest absolute Gasteiger partial charge is 0.312 e. The molecule has 0 aliphatic heterocycles. The van der Waals surface area contributed by atoms with Gasteiger partial charge in [-0.1, -0.05) is 37.3 Å². The molecular formula is C12H17NO2. The van der Waals surface area contributed by atoms with Gasteiger partial charge in [0.25, 0.3) is 0 Å². The van der Waals surface area contributed by atoms with E-state index in [0.29, 0.717) is 6.54 Å². The summed E-state index contributed by atoms with van der Waals surface area (Å²) in [5.41, 5.74) is 0.855. The highest BCUT2D eigenvalue weighted by molar-refractivity contribution is 5.76. The van der Waals surface area contributed by atoms with Gasteiger partial charge in [-0.05, 0) is 18.5 Å². The summed E-state index contributed by atoms with van der Waals surface area (Å²) in [5.74, 6) is -1.22. The Balaban J connectivity index is 2.62. The molecule has 1 atom stereocenters. The first kappa shape index (κ1) is 11.7. The predicted molar refractivity (Wildman–Crippen MR) is 60.0 cm³/mol. The molecule has 82 valence electrons. The van der Waals surface area contributed by atoms with Crippen LogP contribution in [0.5, 0.6) is 0 Å². The lowest BCUT2D eigenvalue weighted by atomic mass is 9.99. The van der Waals surface area contributed by atoms with Crippen LogP contribution in [0.15, 0.2) is 30.3 Å². The maximum absolute atomic E-state index is 11.1. The third kappa shape index (κ3) is 3.72. The topological polar surface area (TPSA) is 49.3 Å². The van der Waals surface area contributed by atoms with Crippen LogP contribution in [0.3, 0.4) is 0 Å². The second kappa shape index (κ2) is 6.19. The van der Waals surface area contributed by atoms with Crippen LogP contribution in [0.25, 0.3) is 0 Å². The highest BCUT2D eigenvalue weighted by Crippen LogP contribution is 2.14. The number of rotatable bonds is 6. The molecule has 0 radical (unpaired) electrons. The molecule has 0 fully saturated rings. The van der Waals surface area contributed by atoms with Gasteiger partial charge in [-0.3, -0.25) is 4.79 Å². The summed E-state index contributed by atoms with van der Waals surface area (Å²) < 4.78 is 0. The summed E-state index contributed by atoms with van der Waals surface area (Å²) in [6.45, 7) is 3.41. The molecule has 1 aromatic carbocycles. The first-order chi connectivity index (χ1) is 7.25. The van der Waals surface area contributed by atoms with Gasteiger partial charge < -0.3 is 10.4 Å². The second-order valence-corrected chi connectivity index (χ2v) is 3.51. The number of hydrogen-bond acceptors (Lipinski definition) is 2. The molecule has 1 aromatic rings. The highest BCUT2D eigenvalue weighted by atomic mass is 16.4. The predicted octanol–water partition coefficient (Wildman–Crippen LogP) is 1.85. The number of nitrogens with one attached hydrogen (secondary N) is 1. The molecule has 3 nitrogen and oxygen atoms in total. The van der Waals surface area contributed by atoms with Crippen LogP contribution in [0, 0.1) is 0 Å². The first-order valence-electron chi connectivity index (χ1n) is 5.24. The zero-order chi connectivity index (χ0) is 11.1. The number of carboxylic acids is 1. The molecule has 0 aliphatic rings. The van der Waals surface area contributed by atoms with Gasteiger partial charge in [-0.2, -0.15) is 0 Å². The summed E-state index contributed by atoms with van der Waals surface area (Å²) in [6.07, 6.45) is 1.02. The van der Waals surface area contributed by atoms with Crippen LogP contribution in [0.1, 0.15) is 24.8 Å². The summed E-state index contributed by atoms with van der Waals surface area (Å²) in [6, 6.07) is 9.33. The lowest BCUT2D eigenvalue weighted by Crippen LogP contribution is -2.27. The average molecular weight is 207 g/mol. The Labute approximate surface area is 90.1 Å². The molecule has 2 N–H and O–H groups in total. The Kier molecular flexibility index (Phi) is 4.84. The Hall–Kier alpha value is -1.35. The lowest BCUT2D eigenvalue weighted by Gasteiger charge is -2.13. The Morgan fingerprint density at radius 1 is 1.40 bits per heavy atom. The van der Waals surface area contributed by atoms with Gasteiger partial charge in [-0.25, -0.2) is 0 Å². The molecule has 0 heterocycles. The van der Waals surface area contributed by atoms with Gasteiger partial charge in [0.05, 0.1) is 5.92 Å². The molecule has 0 saturated heterocycles. The van der Waals surface area contributed by atoms with Gasteiger partial charge in [-0.15, -0.1) is 0 Å².